The number of nitrogens with two attached hydrogens (primary N) is 1. The van der Waals surface area contributed by atoms with Crippen molar-refractivity contribution in [2.75, 3.05) is 6.54 Å². The van der Waals surface area contributed by atoms with Gasteiger partial charge in [0.15, 0.2) is 0 Å². The van der Waals surface area contributed by atoms with Crippen LogP contribution in [-0.2, 0) is 0 Å². The zero-order chi connectivity index (χ0) is 11.6. The van der Waals surface area contributed by atoms with Gasteiger partial charge in [-0.15, -0.1) is 11.3 Å². The number of thiophene rings is 1. The van der Waals surface area contributed by atoms with Gasteiger partial charge in [-0.05, 0) is 36.8 Å². The van der Waals surface area contributed by atoms with E-state index in [-0.39, 0.29) is 11.5 Å². The highest BCUT2D eigenvalue weighted by Crippen LogP contribution is 2.47. The molecule has 3 heteroatoms. The number of hydrogen-bond acceptors (Lipinski definition) is 3. The van der Waals surface area contributed by atoms with E-state index in [0.717, 1.165) is 17.7 Å². The van der Waals surface area contributed by atoms with Crippen molar-refractivity contribution in [2.45, 2.75) is 45.1 Å². The summed E-state index contributed by atoms with van der Waals surface area (Å²) in [6, 6.07) is 2.08. The number of aliphatic hydroxyl groups excluding tert-OH is 1. The average molecular weight is 239 g/mol. The predicted octanol–water partition coefficient (Wildman–Crippen LogP) is 3.00. The largest absolute Gasteiger partial charge is 0.387 e. The number of aliphatic hydroxyl groups is 1. The summed E-state index contributed by atoms with van der Waals surface area (Å²) in [5, 5.41) is 12.7. The van der Waals surface area contributed by atoms with Gasteiger partial charge in [0, 0.05) is 16.8 Å². The van der Waals surface area contributed by atoms with E-state index in [0.29, 0.717) is 6.54 Å². The standard InChI is InChI=1S/C13H21NOS/c1-10-5-8-16-11(10)12(15)13(9-14)6-3-2-4-7-13/h5,8,12,15H,2-4,6-7,9,14H2,1H3. The Kier molecular flexibility index (Phi) is 3.67. The third-order valence-electron chi connectivity index (χ3n) is 3.99. The molecule has 0 aliphatic heterocycles. The van der Waals surface area contributed by atoms with Crippen LogP contribution in [0.3, 0.4) is 0 Å². The van der Waals surface area contributed by atoms with Gasteiger partial charge in [0.2, 0.25) is 0 Å². The van der Waals surface area contributed by atoms with Crippen molar-refractivity contribution in [1.82, 2.24) is 0 Å². The lowest BCUT2D eigenvalue weighted by Crippen LogP contribution is -2.38. The van der Waals surface area contributed by atoms with E-state index in [9.17, 15) is 5.11 Å². The summed E-state index contributed by atoms with van der Waals surface area (Å²) in [5.74, 6) is 0. The maximum absolute atomic E-state index is 10.6. The van der Waals surface area contributed by atoms with Crippen molar-refractivity contribution in [3.05, 3.63) is 21.9 Å². The van der Waals surface area contributed by atoms with Crippen LogP contribution < -0.4 is 5.73 Å². The van der Waals surface area contributed by atoms with Crippen molar-refractivity contribution in [3.63, 3.8) is 0 Å². The van der Waals surface area contributed by atoms with E-state index in [2.05, 4.69) is 18.4 Å². The SMILES string of the molecule is Cc1ccsc1C(O)C1(CN)CCCCC1. The first-order chi connectivity index (χ1) is 7.69. The molecule has 0 bridgehead atoms. The molecule has 1 aliphatic carbocycles. The Labute approximate surface area is 101 Å². The Morgan fingerprint density at radius 1 is 1.44 bits per heavy atom. The second kappa shape index (κ2) is 4.86. The quantitative estimate of drug-likeness (QED) is 0.851. The number of hydrogen-bond donors (Lipinski definition) is 2. The molecule has 16 heavy (non-hydrogen) atoms. The smallest absolute Gasteiger partial charge is 0.0952 e. The van der Waals surface area contributed by atoms with E-state index >= 15 is 0 Å². The first-order valence-electron chi connectivity index (χ1n) is 6.12. The first-order valence-corrected chi connectivity index (χ1v) is 7.00. The summed E-state index contributed by atoms with van der Waals surface area (Å²) in [7, 11) is 0. The van der Waals surface area contributed by atoms with E-state index < -0.39 is 0 Å². The number of aryl methyl sites for hydroxylation is 1. The zero-order valence-corrected chi connectivity index (χ0v) is 10.7. The molecule has 1 unspecified atom stereocenters. The molecule has 1 atom stereocenters. The van der Waals surface area contributed by atoms with Crippen molar-refractivity contribution < 1.29 is 5.11 Å². The minimum absolute atomic E-state index is 0.0616. The van der Waals surface area contributed by atoms with Crippen LogP contribution in [-0.4, -0.2) is 11.7 Å². The van der Waals surface area contributed by atoms with E-state index in [4.69, 9.17) is 5.73 Å². The van der Waals surface area contributed by atoms with E-state index in [1.54, 1.807) is 11.3 Å². The molecule has 2 rings (SSSR count). The van der Waals surface area contributed by atoms with Crippen molar-refractivity contribution in [2.24, 2.45) is 11.1 Å². The summed E-state index contributed by atoms with van der Waals surface area (Å²) in [4.78, 5) is 1.12. The third kappa shape index (κ3) is 2.04. The molecule has 90 valence electrons. The summed E-state index contributed by atoms with van der Waals surface area (Å²) in [6.45, 7) is 2.67. The zero-order valence-electron chi connectivity index (χ0n) is 9.91. The van der Waals surface area contributed by atoms with Crippen molar-refractivity contribution >= 4 is 11.3 Å². The Hall–Kier alpha value is -0.380. The molecule has 1 aliphatic rings. The fourth-order valence-electron chi connectivity index (χ4n) is 2.79. The van der Waals surface area contributed by atoms with Crippen LogP contribution in [0.15, 0.2) is 11.4 Å². The van der Waals surface area contributed by atoms with Crippen molar-refractivity contribution in [3.8, 4) is 0 Å². The molecule has 1 aromatic rings. The second-order valence-electron chi connectivity index (χ2n) is 5.00. The fraction of sp³-hybridized carbons (Fsp3) is 0.692. The Morgan fingerprint density at radius 3 is 2.62 bits per heavy atom. The third-order valence-corrected chi connectivity index (χ3v) is 5.06. The summed E-state index contributed by atoms with van der Waals surface area (Å²) < 4.78 is 0. The van der Waals surface area contributed by atoms with Crippen LogP contribution in [0.4, 0.5) is 0 Å². The predicted molar refractivity (Wildman–Crippen MR) is 68.6 cm³/mol. The molecule has 0 aromatic carbocycles. The van der Waals surface area contributed by atoms with Crippen LogP contribution in [0.25, 0.3) is 0 Å². The van der Waals surface area contributed by atoms with Gasteiger partial charge in [0.05, 0.1) is 6.10 Å². The molecule has 0 radical (unpaired) electrons. The van der Waals surface area contributed by atoms with Gasteiger partial charge in [-0.25, -0.2) is 0 Å². The average Bonchev–Trinajstić information content (AvgIpc) is 2.75. The minimum Gasteiger partial charge on any atom is -0.387 e. The second-order valence-corrected chi connectivity index (χ2v) is 5.95. The molecule has 2 nitrogen and oxygen atoms in total. The maximum atomic E-state index is 10.6. The Morgan fingerprint density at radius 2 is 2.12 bits per heavy atom. The fourth-order valence-corrected chi connectivity index (χ4v) is 3.84. The van der Waals surface area contributed by atoms with Crippen LogP contribution >= 0.6 is 11.3 Å². The summed E-state index contributed by atoms with van der Waals surface area (Å²) in [5.41, 5.74) is 7.08. The highest BCUT2D eigenvalue weighted by molar-refractivity contribution is 7.10. The van der Waals surface area contributed by atoms with Gasteiger partial charge in [-0.1, -0.05) is 19.3 Å². The lowest BCUT2D eigenvalue weighted by molar-refractivity contribution is 0.00277. The van der Waals surface area contributed by atoms with Gasteiger partial charge in [-0.2, -0.15) is 0 Å². The molecule has 1 aromatic heterocycles. The minimum atomic E-state index is -0.363. The molecule has 1 heterocycles. The van der Waals surface area contributed by atoms with Crippen molar-refractivity contribution in [1.29, 1.82) is 0 Å². The van der Waals surface area contributed by atoms with Gasteiger partial charge in [0.25, 0.3) is 0 Å². The molecule has 3 N–H and O–H groups in total. The molecule has 1 saturated carbocycles. The van der Waals surface area contributed by atoms with E-state index in [1.807, 2.05) is 0 Å². The maximum Gasteiger partial charge on any atom is 0.0952 e. The van der Waals surface area contributed by atoms with E-state index in [1.165, 1.54) is 24.8 Å². The normalized spacial score (nSPS) is 21.9. The van der Waals surface area contributed by atoms with Crippen LogP contribution in [0.1, 0.15) is 48.6 Å². The number of rotatable bonds is 3. The highest BCUT2D eigenvalue weighted by atomic mass is 32.1. The molecule has 1 fully saturated rings. The van der Waals surface area contributed by atoms with Gasteiger partial charge >= 0.3 is 0 Å². The lowest BCUT2D eigenvalue weighted by Gasteiger charge is -2.40. The molecular weight excluding hydrogens is 218 g/mol. The molecule has 0 saturated heterocycles. The Balaban J connectivity index is 2.24. The Bertz CT molecular complexity index is 341. The van der Waals surface area contributed by atoms with Crippen LogP contribution in [0.2, 0.25) is 0 Å². The van der Waals surface area contributed by atoms with Gasteiger partial charge in [0.1, 0.15) is 0 Å². The van der Waals surface area contributed by atoms with Gasteiger partial charge in [-0.3, -0.25) is 0 Å². The van der Waals surface area contributed by atoms with Gasteiger partial charge < -0.3 is 10.8 Å². The molecule has 0 spiro atoms. The summed E-state index contributed by atoms with van der Waals surface area (Å²) in [6.07, 6.45) is 5.48. The van der Waals surface area contributed by atoms with Crippen LogP contribution in [0.5, 0.6) is 0 Å². The monoisotopic (exact) mass is 239 g/mol. The first kappa shape index (κ1) is 12.1. The summed E-state index contributed by atoms with van der Waals surface area (Å²) >= 11 is 1.66. The molecule has 0 amide bonds. The lowest BCUT2D eigenvalue weighted by atomic mass is 9.69. The van der Waals surface area contributed by atoms with Crippen LogP contribution in [0, 0.1) is 12.3 Å². The highest BCUT2D eigenvalue weighted by Gasteiger charge is 2.39. The molecular formula is C13H21NOS. The topological polar surface area (TPSA) is 46.2 Å².